The molecule has 0 spiro atoms. The molecule has 1 unspecified atom stereocenters. The van der Waals surface area contributed by atoms with Gasteiger partial charge in [-0.05, 0) is 37.4 Å². The van der Waals surface area contributed by atoms with Crippen LogP contribution in [0.3, 0.4) is 0 Å². The van der Waals surface area contributed by atoms with Gasteiger partial charge in [0.25, 0.3) is 10.0 Å². The fourth-order valence-electron chi connectivity index (χ4n) is 4.32. The Morgan fingerprint density at radius 1 is 1.32 bits per heavy atom. The van der Waals surface area contributed by atoms with Crippen molar-refractivity contribution in [1.82, 2.24) is 18.3 Å². The molecule has 11 heteroatoms. The van der Waals surface area contributed by atoms with Gasteiger partial charge in [0.05, 0.1) is 5.52 Å². The summed E-state index contributed by atoms with van der Waals surface area (Å²) in [5.74, 6) is -0.808. The van der Waals surface area contributed by atoms with E-state index in [0.29, 0.717) is 29.9 Å². The number of thiazole rings is 1. The number of carbonyl (C=O) groups is 1. The van der Waals surface area contributed by atoms with Crippen LogP contribution in [0, 0.1) is 0 Å². The van der Waals surface area contributed by atoms with Crippen molar-refractivity contribution in [3.63, 3.8) is 0 Å². The zero-order valence-electron chi connectivity index (χ0n) is 16.3. The number of rotatable bonds is 6. The van der Waals surface area contributed by atoms with Crippen LogP contribution in [0.15, 0.2) is 47.1 Å². The molecule has 1 N–H and O–H groups in total. The van der Waals surface area contributed by atoms with Gasteiger partial charge in [0, 0.05) is 29.7 Å². The molecule has 1 fully saturated rings. The Hall–Kier alpha value is -2.40. The highest BCUT2D eigenvalue weighted by atomic mass is 35.5. The molecule has 1 aliphatic heterocycles. The van der Waals surface area contributed by atoms with E-state index in [2.05, 4.69) is 4.98 Å². The van der Waals surface area contributed by atoms with Gasteiger partial charge in [-0.1, -0.05) is 29.8 Å². The summed E-state index contributed by atoms with van der Waals surface area (Å²) >= 11 is 7.52. The molecule has 0 bridgehead atoms. The maximum atomic E-state index is 13.6. The van der Waals surface area contributed by atoms with Crippen molar-refractivity contribution in [2.24, 2.45) is 0 Å². The Kier molecular flexibility index (Phi) is 5.04. The Labute approximate surface area is 187 Å². The van der Waals surface area contributed by atoms with Gasteiger partial charge in [-0.2, -0.15) is 8.42 Å². The predicted octanol–water partition coefficient (Wildman–Crippen LogP) is 3.33. The van der Waals surface area contributed by atoms with E-state index in [-0.39, 0.29) is 10.2 Å². The molecule has 0 amide bonds. The molecule has 0 aliphatic carbocycles. The first-order valence-electron chi connectivity index (χ1n) is 9.80. The van der Waals surface area contributed by atoms with Crippen molar-refractivity contribution >= 4 is 54.8 Å². The molecule has 1 atom stereocenters. The van der Waals surface area contributed by atoms with Crippen LogP contribution in [-0.4, -0.2) is 56.9 Å². The summed E-state index contributed by atoms with van der Waals surface area (Å²) in [7, 11) is -4.01. The van der Waals surface area contributed by atoms with Crippen LogP contribution < -0.4 is 0 Å². The second kappa shape index (κ2) is 7.63. The lowest BCUT2D eigenvalue weighted by molar-refractivity contribution is -0.142. The molecule has 1 aromatic carbocycles. The molecule has 1 saturated heterocycles. The number of hydrogen-bond donors (Lipinski definition) is 1. The van der Waals surface area contributed by atoms with Gasteiger partial charge in [-0.3, -0.25) is 14.1 Å². The molecule has 5 rings (SSSR count). The van der Waals surface area contributed by atoms with E-state index in [1.165, 1.54) is 19.7 Å². The largest absolute Gasteiger partial charge is 0.480 e. The van der Waals surface area contributed by atoms with Crippen molar-refractivity contribution in [1.29, 1.82) is 0 Å². The van der Waals surface area contributed by atoms with Gasteiger partial charge in [-0.25, -0.2) is 8.96 Å². The highest BCUT2D eigenvalue weighted by Gasteiger charge is 2.31. The standard InChI is InChI=1S/C20H19ClN4O4S2/c21-17-18(24-10-11-30-20(24)22-17)31(28,29)25-12-13(14-4-1-2-5-15(14)25)7-9-23-8-3-6-16(23)19(26)27/h1-2,4-5,10-12,16H,3,6-9H2,(H,26,27). The van der Waals surface area contributed by atoms with Crippen molar-refractivity contribution in [3.05, 3.63) is 52.8 Å². The number of fused-ring (bicyclic) bond motifs is 2. The summed E-state index contributed by atoms with van der Waals surface area (Å²) < 4.78 is 29.9. The van der Waals surface area contributed by atoms with Gasteiger partial charge in [0.1, 0.15) is 6.04 Å². The third kappa shape index (κ3) is 3.34. The van der Waals surface area contributed by atoms with E-state index in [1.54, 1.807) is 29.9 Å². The van der Waals surface area contributed by atoms with Gasteiger partial charge >= 0.3 is 5.97 Å². The number of carboxylic acid groups (broad SMARTS) is 1. The SMILES string of the molecule is O=C(O)C1CCCN1CCc1cn(S(=O)(=O)c2c(Cl)nc3sccn23)c2ccccc12. The molecule has 1 aliphatic rings. The van der Waals surface area contributed by atoms with E-state index in [0.717, 1.165) is 23.9 Å². The highest BCUT2D eigenvalue weighted by molar-refractivity contribution is 7.90. The van der Waals surface area contributed by atoms with Crippen LogP contribution in [0.4, 0.5) is 0 Å². The molecule has 8 nitrogen and oxygen atoms in total. The van der Waals surface area contributed by atoms with Gasteiger partial charge in [0.2, 0.25) is 5.03 Å². The average Bonchev–Trinajstić information content (AvgIpc) is 3.48. The zero-order chi connectivity index (χ0) is 21.8. The normalized spacial score (nSPS) is 17.8. The van der Waals surface area contributed by atoms with Crippen LogP contribution in [0.25, 0.3) is 15.9 Å². The monoisotopic (exact) mass is 478 g/mol. The number of aliphatic carboxylic acids is 1. The quantitative estimate of drug-likeness (QED) is 0.456. The van der Waals surface area contributed by atoms with Crippen molar-refractivity contribution < 1.29 is 18.3 Å². The summed E-state index contributed by atoms with van der Waals surface area (Å²) in [5.41, 5.74) is 1.40. The number of benzene rings is 1. The third-order valence-electron chi connectivity index (χ3n) is 5.76. The Bertz CT molecular complexity index is 1410. The van der Waals surface area contributed by atoms with Crippen LogP contribution in [0.1, 0.15) is 18.4 Å². The number of aromatic nitrogens is 3. The number of para-hydroxylation sites is 1. The third-order valence-corrected chi connectivity index (χ3v) is 8.59. The summed E-state index contributed by atoms with van der Waals surface area (Å²) in [6.07, 6.45) is 5.29. The molecule has 4 aromatic rings. The average molecular weight is 479 g/mol. The maximum absolute atomic E-state index is 13.6. The van der Waals surface area contributed by atoms with Gasteiger partial charge in [-0.15, -0.1) is 11.3 Å². The smallest absolute Gasteiger partial charge is 0.320 e. The Balaban J connectivity index is 1.56. The van der Waals surface area contributed by atoms with Gasteiger partial charge < -0.3 is 5.11 Å². The maximum Gasteiger partial charge on any atom is 0.320 e. The number of nitrogens with zero attached hydrogens (tertiary/aromatic N) is 4. The zero-order valence-corrected chi connectivity index (χ0v) is 18.7. The minimum atomic E-state index is -4.01. The number of hydrogen-bond acceptors (Lipinski definition) is 6. The van der Waals surface area contributed by atoms with Crippen LogP contribution in [0.2, 0.25) is 5.15 Å². The number of carboxylic acids is 1. The lowest BCUT2D eigenvalue weighted by Crippen LogP contribution is -2.37. The highest BCUT2D eigenvalue weighted by Crippen LogP contribution is 2.31. The number of halogens is 1. The fourth-order valence-corrected chi connectivity index (χ4v) is 7.13. The van der Waals surface area contributed by atoms with E-state index in [1.807, 2.05) is 17.0 Å². The Morgan fingerprint density at radius 2 is 2.13 bits per heavy atom. The van der Waals surface area contributed by atoms with Gasteiger partial charge in [0.15, 0.2) is 10.1 Å². The second-order valence-electron chi connectivity index (χ2n) is 7.52. The van der Waals surface area contributed by atoms with Crippen LogP contribution in [-0.2, 0) is 21.2 Å². The summed E-state index contributed by atoms with van der Waals surface area (Å²) in [6, 6.07) is 6.81. The van der Waals surface area contributed by atoms with E-state index in [9.17, 15) is 18.3 Å². The van der Waals surface area contributed by atoms with E-state index >= 15 is 0 Å². The predicted molar refractivity (Wildman–Crippen MR) is 119 cm³/mol. The Morgan fingerprint density at radius 3 is 2.94 bits per heavy atom. The fraction of sp³-hybridized carbons (Fsp3) is 0.300. The lowest BCUT2D eigenvalue weighted by atomic mass is 10.1. The summed E-state index contributed by atoms with van der Waals surface area (Å²) in [5, 5.41) is 11.9. The minimum Gasteiger partial charge on any atom is -0.480 e. The summed E-state index contributed by atoms with van der Waals surface area (Å²) in [4.78, 5) is 18.1. The minimum absolute atomic E-state index is 0.0625. The second-order valence-corrected chi connectivity index (χ2v) is 10.5. The van der Waals surface area contributed by atoms with Crippen LogP contribution >= 0.6 is 22.9 Å². The first-order chi connectivity index (χ1) is 14.9. The van der Waals surface area contributed by atoms with Crippen molar-refractivity contribution in [2.45, 2.75) is 30.3 Å². The molecule has 0 saturated carbocycles. The molecule has 3 aromatic heterocycles. The first kappa shape index (κ1) is 20.5. The molecule has 4 heterocycles. The molecule has 162 valence electrons. The van der Waals surface area contributed by atoms with Crippen LogP contribution in [0.5, 0.6) is 0 Å². The lowest BCUT2D eigenvalue weighted by Gasteiger charge is -2.20. The first-order valence-corrected chi connectivity index (χ1v) is 12.5. The number of likely N-dealkylation sites (tertiary alicyclic amines) is 1. The number of imidazole rings is 1. The van der Waals surface area contributed by atoms with E-state index in [4.69, 9.17) is 11.6 Å². The molecule has 31 heavy (non-hydrogen) atoms. The molecule has 0 radical (unpaired) electrons. The van der Waals surface area contributed by atoms with Crippen molar-refractivity contribution in [2.75, 3.05) is 13.1 Å². The summed E-state index contributed by atoms with van der Waals surface area (Å²) in [6.45, 7) is 1.28. The molecular weight excluding hydrogens is 460 g/mol. The topological polar surface area (TPSA) is 96.9 Å². The van der Waals surface area contributed by atoms with E-state index < -0.39 is 22.0 Å². The van der Waals surface area contributed by atoms with Crippen molar-refractivity contribution in [3.8, 4) is 0 Å². The molecular formula is C20H19ClN4O4S2.